The number of hydrogen-bond acceptors (Lipinski definition) is 7. The molecule has 0 radical (unpaired) electrons. The zero-order valence-electron chi connectivity index (χ0n) is 12.1. The summed E-state index contributed by atoms with van der Waals surface area (Å²) in [6, 6.07) is 6.84. The third kappa shape index (κ3) is 3.53. The molecular formula is C15H10Br2N6O. The maximum absolute atomic E-state index is 12.6. The third-order valence-corrected chi connectivity index (χ3v) is 5.16. The van der Waals surface area contributed by atoms with Gasteiger partial charge in [-0.2, -0.15) is 10.5 Å². The number of anilines is 2. The van der Waals surface area contributed by atoms with Crippen LogP contribution in [0.5, 0.6) is 0 Å². The lowest BCUT2D eigenvalue weighted by Gasteiger charge is -2.15. The molecule has 7 nitrogen and oxygen atoms in total. The average Bonchev–Trinajstić information content (AvgIpc) is 2.60. The Balaban J connectivity index is 2.31. The van der Waals surface area contributed by atoms with E-state index in [0.29, 0.717) is 11.1 Å². The Morgan fingerprint density at radius 3 is 1.67 bits per heavy atom. The molecule has 24 heavy (non-hydrogen) atoms. The highest BCUT2D eigenvalue weighted by atomic mass is 79.9. The summed E-state index contributed by atoms with van der Waals surface area (Å²) in [6.07, 6.45) is 2.85. The molecule has 2 heterocycles. The van der Waals surface area contributed by atoms with E-state index in [1.54, 1.807) is 0 Å². The van der Waals surface area contributed by atoms with Crippen LogP contribution >= 0.6 is 31.9 Å². The molecule has 0 saturated heterocycles. The second kappa shape index (κ2) is 7.39. The van der Waals surface area contributed by atoms with Crippen LogP contribution in [-0.2, 0) is 4.79 Å². The van der Waals surface area contributed by atoms with Gasteiger partial charge in [0.25, 0.3) is 0 Å². The molecule has 2 atom stereocenters. The fourth-order valence-electron chi connectivity index (χ4n) is 1.90. The molecule has 0 aliphatic carbocycles. The van der Waals surface area contributed by atoms with Gasteiger partial charge < -0.3 is 11.5 Å². The molecule has 2 rings (SSSR count). The van der Waals surface area contributed by atoms with Gasteiger partial charge in [-0.3, -0.25) is 4.79 Å². The first-order chi connectivity index (χ1) is 11.4. The highest BCUT2D eigenvalue weighted by molar-refractivity contribution is 9.10. The highest BCUT2D eigenvalue weighted by Gasteiger charge is 2.27. The Morgan fingerprint density at radius 1 is 0.958 bits per heavy atom. The van der Waals surface area contributed by atoms with Crippen LogP contribution in [0.3, 0.4) is 0 Å². The molecule has 2 aromatic rings. The van der Waals surface area contributed by atoms with E-state index in [1.807, 2.05) is 12.1 Å². The molecule has 9 heteroatoms. The molecule has 0 saturated carbocycles. The number of alkyl halides is 2. The smallest absolute Gasteiger partial charge is 0.169 e. The number of nitriles is 2. The van der Waals surface area contributed by atoms with Crippen LogP contribution in [0, 0.1) is 22.7 Å². The van der Waals surface area contributed by atoms with Gasteiger partial charge in [0.15, 0.2) is 5.78 Å². The number of rotatable bonds is 4. The predicted molar refractivity (Wildman–Crippen MR) is 95.1 cm³/mol. The minimum absolute atomic E-state index is 0.102. The van der Waals surface area contributed by atoms with Crippen molar-refractivity contribution in [2.24, 2.45) is 0 Å². The molecule has 120 valence electrons. The SMILES string of the molecule is N#Cc1cc(C(Br)C(=O)C(Br)c2cnc(N)c(C#N)c2)cnc1N. The monoisotopic (exact) mass is 448 g/mol. The van der Waals surface area contributed by atoms with Crippen LogP contribution in [0.25, 0.3) is 0 Å². The number of carbonyl (C=O) groups excluding carboxylic acids is 1. The molecule has 2 unspecified atom stereocenters. The van der Waals surface area contributed by atoms with E-state index >= 15 is 0 Å². The highest BCUT2D eigenvalue weighted by Crippen LogP contribution is 2.35. The van der Waals surface area contributed by atoms with E-state index in [9.17, 15) is 4.79 Å². The topological polar surface area (TPSA) is 142 Å². The fourth-order valence-corrected chi connectivity index (χ4v) is 3.28. The summed E-state index contributed by atoms with van der Waals surface area (Å²) < 4.78 is 0. The fraction of sp³-hybridized carbons (Fsp3) is 0.133. The van der Waals surface area contributed by atoms with Crippen molar-refractivity contribution in [1.82, 2.24) is 9.97 Å². The minimum Gasteiger partial charge on any atom is -0.383 e. The van der Waals surface area contributed by atoms with Crippen LogP contribution in [0.1, 0.15) is 31.9 Å². The van der Waals surface area contributed by atoms with Crippen molar-refractivity contribution >= 4 is 49.3 Å². The van der Waals surface area contributed by atoms with Crippen LogP contribution in [0.4, 0.5) is 11.6 Å². The van der Waals surface area contributed by atoms with Crippen molar-refractivity contribution in [3.05, 3.63) is 46.8 Å². The Morgan fingerprint density at radius 2 is 1.33 bits per heavy atom. The number of carbonyl (C=O) groups is 1. The number of nitrogens with two attached hydrogens (primary N) is 2. The number of halogens is 2. The molecule has 0 spiro atoms. The van der Waals surface area contributed by atoms with E-state index in [1.165, 1.54) is 24.5 Å². The van der Waals surface area contributed by atoms with E-state index < -0.39 is 9.65 Å². The molecular weight excluding hydrogens is 440 g/mol. The van der Waals surface area contributed by atoms with Crippen molar-refractivity contribution in [2.75, 3.05) is 11.5 Å². The normalized spacial score (nSPS) is 12.7. The van der Waals surface area contributed by atoms with E-state index in [-0.39, 0.29) is 28.5 Å². The number of aromatic nitrogens is 2. The third-order valence-electron chi connectivity index (χ3n) is 3.21. The quantitative estimate of drug-likeness (QED) is 0.682. The number of hydrogen-bond donors (Lipinski definition) is 2. The summed E-state index contributed by atoms with van der Waals surface area (Å²) in [5.41, 5.74) is 12.5. The van der Waals surface area contributed by atoms with Crippen LogP contribution in [0.2, 0.25) is 0 Å². The van der Waals surface area contributed by atoms with E-state index in [2.05, 4.69) is 41.8 Å². The molecule has 0 fully saturated rings. The summed E-state index contributed by atoms with van der Waals surface area (Å²) in [5, 5.41) is 18.0. The summed E-state index contributed by atoms with van der Waals surface area (Å²) >= 11 is 6.61. The lowest BCUT2D eigenvalue weighted by atomic mass is 10.0. The van der Waals surface area contributed by atoms with Gasteiger partial charge >= 0.3 is 0 Å². The molecule has 0 aromatic carbocycles. The first kappa shape index (κ1) is 17.9. The number of ketones is 1. The van der Waals surface area contributed by atoms with Gasteiger partial charge in [-0.15, -0.1) is 0 Å². The maximum atomic E-state index is 12.6. The number of nitrogen functional groups attached to an aromatic ring is 2. The van der Waals surface area contributed by atoms with Crippen molar-refractivity contribution < 1.29 is 4.79 Å². The lowest BCUT2D eigenvalue weighted by molar-refractivity contribution is -0.118. The molecule has 0 aliphatic heterocycles. The van der Waals surface area contributed by atoms with Gasteiger partial charge in [0, 0.05) is 12.4 Å². The van der Waals surface area contributed by atoms with Gasteiger partial charge in [0.2, 0.25) is 0 Å². The van der Waals surface area contributed by atoms with Gasteiger partial charge in [-0.05, 0) is 23.3 Å². The van der Waals surface area contributed by atoms with Crippen LogP contribution in [-0.4, -0.2) is 15.8 Å². The van der Waals surface area contributed by atoms with E-state index in [4.69, 9.17) is 22.0 Å². The van der Waals surface area contributed by atoms with Gasteiger partial charge in [-0.25, -0.2) is 9.97 Å². The number of nitrogens with zero attached hydrogens (tertiary/aromatic N) is 4. The lowest BCUT2D eigenvalue weighted by Crippen LogP contribution is -2.14. The number of Topliss-reactive ketones (excluding diaryl/α,β-unsaturated/α-hetero) is 1. The average molecular weight is 450 g/mol. The van der Waals surface area contributed by atoms with Crippen LogP contribution < -0.4 is 11.5 Å². The molecule has 4 N–H and O–H groups in total. The number of pyridine rings is 2. The molecule has 0 aliphatic rings. The van der Waals surface area contributed by atoms with Crippen molar-refractivity contribution in [1.29, 1.82) is 10.5 Å². The summed E-state index contributed by atoms with van der Waals surface area (Å²) in [6.45, 7) is 0. The van der Waals surface area contributed by atoms with Crippen molar-refractivity contribution in [2.45, 2.75) is 9.65 Å². The molecule has 0 bridgehead atoms. The van der Waals surface area contributed by atoms with Gasteiger partial charge in [-0.1, -0.05) is 31.9 Å². The summed E-state index contributed by atoms with van der Waals surface area (Å²) in [4.78, 5) is 19.0. The van der Waals surface area contributed by atoms with Crippen molar-refractivity contribution in [3.8, 4) is 12.1 Å². The zero-order valence-corrected chi connectivity index (χ0v) is 15.2. The summed E-state index contributed by atoms with van der Waals surface area (Å²) in [7, 11) is 0. The Kier molecular flexibility index (Phi) is 5.50. The first-order valence-corrected chi connectivity index (χ1v) is 8.35. The maximum Gasteiger partial charge on any atom is 0.169 e. The Bertz CT molecular complexity index is 815. The van der Waals surface area contributed by atoms with Gasteiger partial charge in [0.1, 0.15) is 33.4 Å². The van der Waals surface area contributed by atoms with Crippen molar-refractivity contribution in [3.63, 3.8) is 0 Å². The second-order valence-corrected chi connectivity index (χ2v) is 6.59. The predicted octanol–water partition coefficient (Wildman–Crippen LogP) is 2.53. The van der Waals surface area contributed by atoms with Crippen LogP contribution in [0.15, 0.2) is 24.5 Å². The van der Waals surface area contributed by atoms with E-state index in [0.717, 1.165) is 0 Å². The second-order valence-electron chi connectivity index (χ2n) is 4.75. The zero-order chi connectivity index (χ0) is 17.9. The Hall–Kier alpha value is -2.49. The largest absolute Gasteiger partial charge is 0.383 e. The Labute approximate surface area is 154 Å². The van der Waals surface area contributed by atoms with Gasteiger partial charge in [0.05, 0.1) is 11.1 Å². The minimum atomic E-state index is -0.717. The molecule has 0 amide bonds. The first-order valence-electron chi connectivity index (χ1n) is 6.52. The molecule has 2 aromatic heterocycles. The standard InChI is InChI=1S/C15H10Br2N6O/c16-11(9-1-7(3-18)14(20)22-5-9)13(24)12(17)10-2-8(4-19)15(21)23-6-10/h1-2,5-6,11-12H,(H2,20,22)(H2,21,23). The summed E-state index contributed by atoms with van der Waals surface area (Å²) in [5.74, 6) is -0.0451.